The lowest BCUT2D eigenvalue weighted by atomic mass is 9.83. The molecule has 9 nitrogen and oxygen atoms in total. The molecule has 0 saturated carbocycles. The van der Waals surface area contributed by atoms with E-state index in [4.69, 9.17) is 9.47 Å². The molecule has 0 radical (unpaired) electrons. The molecule has 1 saturated heterocycles. The predicted molar refractivity (Wildman–Crippen MR) is 170 cm³/mol. The van der Waals surface area contributed by atoms with Crippen molar-refractivity contribution in [3.8, 4) is 11.5 Å². The molecule has 1 aromatic heterocycles. The van der Waals surface area contributed by atoms with E-state index in [2.05, 4.69) is 21.2 Å². The van der Waals surface area contributed by atoms with Crippen molar-refractivity contribution in [1.29, 1.82) is 0 Å². The molecule has 220 valence electrons. The lowest BCUT2D eigenvalue weighted by Crippen LogP contribution is -2.33. The van der Waals surface area contributed by atoms with Gasteiger partial charge >= 0.3 is 4.87 Å². The minimum absolute atomic E-state index is 0.236. The number of thioether (sulfide) groups is 1. The van der Waals surface area contributed by atoms with Crippen LogP contribution in [0.15, 0.2) is 81.0 Å². The zero-order valence-corrected chi connectivity index (χ0v) is 26.5. The second-order valence-corrected chi connectivity index (χ2v) is 13.2. The number of nitrogens with zero attached hydrogens (tertiary/aromatic N) is 2. The van der Waals surface area contributed by atoms with Crippen molar-refractivity contribution >= 4 is 68.1 Å². The predicted octanol–water partition coefficient (Wildman–Crippen LogP) is 5.43. The van der Waals surface area contributed by atoms with Gasteiger partial charge in [-0.25, -0.2) is 4.90 Å². The highest BCUT2D eigenvalue weighted by Crippen LogP contribution is 2.54. The summed E-state index contributed by atoms with van der Waals surface area (Å²) in [7, 11) is 3.06. The number of benzene rings is 3. The van der Waals surface area contributed by atoms with E-state index in [-0.39, 0.29) is 29.1 Å². The number of ether oxygens (including phenoxy) is 2. The van der Waals surface area contributed by atoms with Gasteiger partial charge in [0, 0.05) is 21.0 Å². The minimum Gasteiger partial charge on any atom is -0.493 e. The second-order valence-electron chi connectivity index (χ2n) is 10.2. The Labute approximate surface area is 263 Å². The number of aryl methyl sites for hydroxylation is 1. The molecule has 6 rings (SSSR count). The fourth-order valence-electron chi connectivity index (χ4n) is 5.57. The van der Waals surface area contributed by atoms with Gasteiger partial charge in [-0.05, 0) is 66.6 Å². The number of imide groups is 1. The maximum absolute atomic E-state index is 14.1. The quantitative estimate of drug-likeness (QED) is 0.260. The van der Waals surface area contributed by atoms with Crippen molar-refractivity contribution in [3.63, 3.8) is 0 Å². The Balaban J connectivity index is 1.44. The number of thiazole rings is 1. The lowest BCUT2D eigenvalue weighted by Gasteiger charge is -2.31. The molecular weight excluding hydrogens is 654 g/mol. The van der Waals surface area contributed by atoms with E-state index in [0.717, 1.165) is 21.4 Å². The molecule has 3 atom stereocenters. The fourth-order valence-corrected chi connectivity index (χ4v) is 8.61. The zero-order chi connectivity index (χ0) is 30.4. The van der Waals surface area contributed by atoms with Gasteiger partial charge in [-0.1, -0.05) is 57.2 Å². The van der Waals surface area contributed by atoms with Gasteiger partial charge in [-0.15, -0.1) is 0 Å². The zero-order valence-electron chi connectivity index (χ0n) is 23.3. The van der Waals surface area contributed by atoms with Gasteiger partial charge in [0.15, 0.2) is 11.5 Å². The summed E-state index contributed by atoms with van der Waals surface area (Å²) in [6, 6.07) is 19.7. The molecule has 0 bridgehead atoms. The Morgan fingerprint density at radius 3 is 2.40 bits per heavy atom. The molecule has 2 aliphatic heterocycles. The number of carbonyl (C=O) groups is 3. The van der Waals surface area contributed by atoms with Crippen molar-refractivity contribution in [2.75, 3.05) is 24.4 Å². The molecule has 3 aromatic carbocycles. The molecule has 3 heterocycles. The summed E-state index contributed by atoms with van der Waals surface area (Å²) in [4.78, 5) is 56.0. The number of anilines is 2. The topological polar surface area (TPSA) is 107 Å². The molecule has 1 N–H and O–H groups in total. The van der Waals surface area contributed by atoms with E-state index in [9.17, 15) is 19.2 Å². The molecule has 0 spiro atoms. The van der Waals surface area contributed by atoms with E-state index in [1.807, 2.05) is 31.2 Å². The fraction of sp³-hybridized carbons (Fsp3) is 0.226. The van der Waals surface area contributed by atoms with Crippen LogP contribution in [0.4, 0.5) is 11.4 Å². The highest BCUT2D eigenvalue weighted by atomic mass is 79.9. The number of amides is 3. The number of fused-ring (bicyclic) bond motifs is 2. The van der Waals surface area contributed by atoms with Crippen molar-refractivity contribution in [2.45, 2.75) is 29.7 Å². The van der Waals surface area contributed by atoms with Crippen LogP contribution in [0.25, 0.3) is 0 Å². The van der Waals surface area contributed by atoms with Crippen LogP contribution in [-0.2, 0) is 20.9 Å². The Morgan fingerprint density at radius 2 is 1.70 bits per heavy atom. The van der Waals surface area contributed by atoms with Crippen LogP contribution in [0.2, 0.25) is 0 Å². The molecule has 1 fully saturated rings. The number of carbonyl (C=O) groups excluding carboxylic acids is 3. The van der Waals surface area contributed by atoms with Crippen molar-refractivity contribution < 1.29 is 23.9 Å². The number of nitrogens with one attached hydrogen (secondary N) is 1. The van der Waals surface area contributed by atoms with E-state index in [0.29, 0.717) is 38.3 Å². The number of hydrogen-bond acceptors (Lipinski definition) is 8. The van der Waals surface area contributed by atoms with Gasteiger partial charge in [-0.2, -0.15) is 0 Å². The van der Waals surface area contributed by atoms with Gasteiger partial charge in [0.2, 0.25) is 17.7 Å². The summed E-state index contributed by atoms with van der Waals surface area (Å²) in [6.45, 7) is 1.69. The third-order valence-corrected chi connectivity index (χ3v) is 10.6. The van der Waals surface area contributed by atoms with Gasteiger partial charge < -0.3 is 14.8 Å². The van der Waals surface area contributed by atoms with Crippen LogP contribution < -0.4 is 24.6 Å². The van der Waals surface area contributed by atoms with E-state index in [1.165, 1.54) is 35.4 Å². The largest absolute Gasteiger partial charge is 0.493 e. The van der Waals surface area contributed by atoms with Crippen LogP contribution in [0.1, 0.15) is 21.9 Å². The molecule has 2 aliphatic rings. The van der Waals surface area contributed by atoms with Crippen molar-refractivity contribution in [1.82, 2.24) is 4.57 Å². The lowest BCUT2D eigenvalue weighted by molar-refractivity contribution is -0.122. The van der Waals surface area contributed by atoms with Crippen LogP contribution in [0, 0.1) is 12.8 Å². The first-order valence-electron chi connectivity index (χ1n) is 13.3. The average Bonchev–Trinajstić information content (AvgIpc) is 3.43. The summed E-state index contributed by atoms with van der Waals surface area (Å²) < 4.78 is 13.2. The number of rotatable bonds is 7. The molecule has 0 aliphatic carbocycles. The summed E-state index contributed by atoms with van der Waals surface area (Å²) in [5.41, 5.74) is 2.78. The Kier molecular flexibility index (Phi) is 7.92. The highest BCUT2D eigenvalue weighted by molar-refractivity contribution is 9.10. The van der Waals surface area contributed by atoms with E-state index < -0.39 is 17.1 Å². The van der Waals surface area contributed by atoms with E-state index in [1.54, 1.807) is 42.5 Å². The summed E-state index contributed by atoms with van der Waals surface area (Å²) >= 11 is 5.57. The molecule has 3 amide bonds. The normalized spacial score (nSPS) is 19.2. The Morgan fingerprint density at radius 1 is 0.953 bits per heavy atom. The maximum atomic E-state index is 14.1. The number of halogens is 1. The van der Waals surface area contributed by atoms with Gasteiger partial charge in [0.1, 0.15) is 11.8 Å². The van der Waals surface area contributed by atoms with Crippen molar-refractivity contribution in [2.24, 2.45) is 5.92 Å². The first-order valence-corrected chi connectivity index (χ1v) is 15.8. The third kappa shape index (κ3) is 5.28. The highest BCUT2D eigenvalue weighted by Gasteiger charge is 2.57. The van der Waals surface area contributed by atoms with E-state index >= 15 is 0 Å². The third-order valence-electron chi connectivity index (χ3n) is 7.50. The first kappa shape index (κ1) is 29.2. The number of methoxy groups -OCH3 is 2. The monoisotopic (exact) mass is 679 g/mol. The van der Waals surface area contributed by atoms with Gasteiger partial charge in [-0.3, -0.25) is 23.7 Å². The molecular formula is C31H26BrN3O6S2. The summed E-state index contributed by atoms with van der Waals surface area (Å²) in [6.07, 6.45) is 0. The van der Waals surface area contributed by atoms with Crippen LogP contribution in [-0.4, -0.2) is 41.8 Å². The maximum Gasteiger partial charge on any atom is 0.308 e. The smallest absolute Gasteiger partial charge is 0.308 e. The SMILES string of the molecule is COc1ccc(C2c3sc(=O)n(CC(=O)Nc4cccc(C)c4)c3SC3C(=O)N(c4ccc(Br)cc4)C(=O)C32)cc1OC. The van der Waals surface area contributed by atoms with Gasteiger partial charge in [0.05, 0.1) is 30.9 Å². The van der Waals surface area contributed by atoms with Crippen LogP contribution >= 0.6 is 39.0 Å². The number of aromatic nitrogens is 1. The van der Waals surface area contributed by atoms with Crippen LogP contribution in [0.5, 0.6) is 11.5 Å². The summed E-state index contributed by atoms with van der Waals surface area (Å²) in [5, 5.41) is 2.56. The van der Waals surface area contributed by atoms with Crippen molar-refractivity contribution in [3.05, 3.63) is 96.9 Å². The molecule has 3 unspecified atom stereocenters. The second kappa shape index (κ2) is 11.7. The Hall–Kier alpha value is -3.87. The summed E-state index contributed by atoms with van der Waals surface area (Å²) in [5.74, 6) is -1.52. The van der Waals surface area contributed by atoms with Gasteiger partial charge in [0.25, 0.3) is 0 Å². The molecule has 12 heteroatoms. The Bertz CT molecular complexity index is 1820. The molecule has 4 aromatic rings. The van der Waals surface area contributed by atoms with Crippen LogP contribution in [0.3, 0.4) is 0 Å². The minimum atomic E-state index is -0.804. The standard InChI is InChI=1S/C31H26BrN3O6S2/c1-16-5-4-6-19(13-16)33-23(36)15-34-30-27(43-31(34)39)24(17-7-12-21(40-2)22(14-17)41-3)25-26(42-30)29(38)35(28(25)37)20-10-8-18(32)9-11-20/h4-14,24-26H,15H2,1-3H3,(H,33,36). The average molecular weight is 681 g/mol. The first-order chi connectivity index (χ1) is 20.7. The number of hydrogen-bond donors (Lipinski definition) is 1. The molecule has 43 heavy (non-hydrogen) atoms.